The fourth-order valence-corrected chi connectivity index (χ4v) is 4.84. The van der Waals surface area contributed by atoms with E-state index in [0.717, 1.165) is 16.5 Å². The molecule has 0 N–H and O–H groups in total. The number of hydrogen-bond donors (Lipinski definition) is 0. The predicted octanol–water partition coefficient (Wildman–Crippen LogP) is 7.16. The van der Waals surface area contributed by atoms with Crippen molar-refractivity contribution in [2.24, 2.45) is 0 Å². The number of aryl methyl sites for hydroxylation is 2. The van der Waals surface area contributed by atoms with Gasteiger partial charge in [0.05, 0.1) is 12.6 Å². The maximum atomic E-state index is 12.9. The van der Waals surface area contributed by atoms with Crippen LogP contribution in [0.25, 0.3) is 10.9 Å². The van der Waals surface area contributed by atoms with Crippen LogP contribution in [-0.2, 0) is 17.1 Å². The molecule has 4 aromatic rings. The lowest BCUT2D eigenvalue weighted by Crippen LogP contribution is -2.10. The van der Waals surface area contributed by atoms with Gasteiger partial charge in [-0.15, -0.1) is 11.8 Å². The van der Waals surface area contributed by atoms with E-state index in [1.54, 1.807) is 0 Å². The second-order valence-corrected chi connectivity index (χ2v) is 9.10. The Hall–Kier alpha value is -3.02. The first-order valence-corrected chi connectivity index (χ1v) is 11.9. The Morgan fingerprint density at radius 1 is 1.00 bits per heavy atom. The topological polar surface area (TPSA) is 48.4 Å². The van der Waals surface area contributed by atoms with Crippen LogP contribution in [0.1, 0.15) is 32.6 Å². The second kappa shape index (κ2) is 10.3. The van der Waals surface area contributed by atoms with Gasteiger partial charge in [-0.1, -0.05) is 65.7 Å². The van der Waals surface area contributed by atoms with E-state index in [1.807, 2.05) is 48.5 Å². The molecule has 0 unspecified atom stereocenters. The van der Waals surface area contributed by atoms with Crippen LogP contribution in [-0.4, -0.2) is 18.1 Å². The Balaban J connectivity index is 1.78. The number of carbonyl (C=O) groups is 1. The molecule has 0 bridgehead atoms. The number of rotatable bonds is 7. The molecule has 0 aliphatic heterocycles. The maximum absolute atomic E-state index is 12.9. The number of aromatic nitrogens is 1. The third kappa shape index (κ3) is 5.15. The monoisotopic (exact) mass is 477 g/mol. The molecule has 0 saturated heterocycles. The van der Waals surface area contributed by atoms with Crippen molar-refractivity contribution in [3.05, 3.63) is 99.6 Å². The van der Waals surface area contributed by atoms with E-state index in [4.69, 9.17) is 26.1 Å². The minimum absolute atomic E-state index is 0.221. The highest BCUT2D eigenvalue weighted by Gasteiger charge is 2.24. The number of esters is 1. The predicted molar refractivity (Wildman–Crippen MR) is 134 cm³/mol. The Morgan fingerprint density at radius 2 is 1.76 bits per heavy atom. The van der Waals surface area contributed by atoms with Crippen LogP contribution in [0.3, 0.4) is 0 Å². The average Bonchev–Trinajstić information content (AvgIpc) is 2.83. The van der Waals surface area contributed by atoms with E-state index < -0.39 is 5.97 Å². The molecular weight excluding hydrogens is 454 g/mol. The molecule has 4 rings (SSSR count). The maximum Gasteiger partial charge on any atom is 0.344 e. The quantitative estimate of drug-likeness (QED) is 0.209. The van der Waals surface area contributed by atoms with Gasteiger partial charge in [0.1, 0.15) is 22.9 Å². The molecule has 0 aliphatic carbocycles. The van der Waals surface area contributed by atoms with Gasteiger partial charge < -0.3 is 9.47 Å². The minimum Gasteiger partial charge on any atom is -0.487 e. The zero-order valence-electron chi connectivity index (χ0n) is 18.7. The summed E-state index contributed by atoms with van der Waals surface area (Å²) < 4.78 is 11.4. The van der Waals surface area contributed by atoms with E-state index in [2.05, 4.69) is 32.0 Å². The summed E-state index contributed by atoms with van der Waals surface area (Å²) in [7, 11) is 1.37. The summed E-state index contributed by atoms with van der Waals surface area (Å²) in [6.07, 6.45) is 0. The lowest BCUT2D eigenvalue weighted by Gasteiger charge is -2.17. The standard InChI is InChI=1S/C27H24ClNO3S/c1-17-12-13-18(2)20(14-17)16-33-26-24(27(30)31-3)25(21-9-5-7-11-23(21)29-26)32-15-19-8-4-6-10-22(19)28/h4-14H,15-16H2,1-3H3. The van der Waals surface area contributed by atoms with E-state index in [-0.39, 0.29) is 6.61 Å². The SMILES string of the molecule is COC(=O)c1c(SCc2cc(C)ccc2C)nc2ccccc2c1OCc1ccccc1Cl. The number of carbonyl (C=O) groups excluding carboxylic acids is 1. The van der Waals surface area contributed by atoms with Crippen molar-refractivity contribution in [1.82, 2.24) is 4.98 Å². The van der Waals surface area contributed by atoms with Crippen LogP contribution in [0, 0.1) is 13.8 Å². The summed E-state index contributed by atoms with van der Waals surface area (Å²) in [5.74, 6) is 0.647. The lowest BCUT2D eigenvalue weighted by molar-refractivity contribution is 0.0590. The molecule has 6 heteroatoms. The number of fused-ring (bicyclic) bond motifs is 1. The lowest BCUT2D eigenvalue weighted by atomic mass is 10.1. The Labute approximate surface area is 202 Å². The van der Waals surface area contributed by atoms with Gasteiger partial charge in [-0.25, -0.2) is 9.78 Å². The van der Waals surface area contributed by atoms with Gasteiger partial charge in [0.15, 0.2) is 0 Å². The van der Waals surface area contributed by atoms with Crippen molar-refractivity contribution in [3.8, 4) is 5.75 Å². The van der Waals surface area contributed by atoms with Gasteiger partial charge in [0.2, 0.25) is 0 Å². The molecule has 0 aliphatic rings. The van der Waals surface area contributed by atoms with E-state index in [0.29, 0.717) is 27.1 Å². The summed E-state index contributed by atoms with van der Waals surface area (Å²) >= 11 is 7.83. The number of pyridine rings is 1. The van der Waals surface area contributed by atoms with Crippen LogP contribution in [0.2, 0.25) is 5.02 Å². The Morgan fingerprint density at radius 3 is 2.55 bits per heavy atom. The molecule has 0 radical (unpaired) electrons. The highest BCUT2D eigenvalue weighted by atomic mass is 35.5. The van der Waals surface area contributed by atoms with Crippen molar-refractivity contribution in [2.75, 3.05) is 7.11 Å². The first-order valence-electron chi connectivity index (χ1n) is 10.5. The number of ether oxygens (including phenoxy) is 2. The second-order valence-electron chi connectivity index (χ2n) is 7.73. The molecule has 3 aromatic carbocycles. The van der Waals surface area contributed by atoms with Gasteiger partial charge in [-0.05, 0) is 43.2 Å². The van der Waals surface area contributed by atoms with Gasteiger partial charge in [-0.3, -0.25) is 0 Å². The van der Waals surface area contributed by atoms with Crippen LogP contribution < -0.4 is 4.74 Å². The van der Waals surface area contributed by atoms with E-state index >= 15 is 0 Å². The average molecular weight is 478 g/mol. The molecule has 168 valence electrons. The third-order valence-electron chi connectivity index (χ3n) is 5.40. The Kier molecular flexibility index (Phi) is 7.21. The van der Waals surface area contributed by atoms with E-state index in [9.17, 15) is 4.79 Å². The Bertz CT molecular complexity index is 1320. The third-order valence-corrected chi connectivity index (χ3v) is 6.79. The molecule has 4 nitrogen and oxygen atoms in total. The minimum atomic E-state index is -0.481. The fraction of sp³-hybridized carbons (Fsp3) is 0.185. The normalized spacial score (nSPS) is 10.9. The van der Waals surface area contributed by atoms with Gasteiger partial charge in [-0.2, -0.15) is 0 Å². The molecular formula is C27H24ClNO3S. The molecule has 1 heterocycles. The van der Waals surface area contributed by atoms with Crippen LogP contribution >= 0.6 is 23.4 Å². The highest BCUT2D eigenvalue weighted by molar-refractivity contribution is 7.98. The highest BCUT2D eigenvalue weighted by Crippen LogP contribution is 2.38. The van der Waals surface area contributed by atoms with Gasteiger partial charge in [0, 0.05) is 21.7 Å². The number of nitrogens with zero attached hydrogens (tertiary/aromatic N) is 1. The van der Waals surface area contributed by atoms with Crippen molar-refractivity contribution in [2.45, 2.75) is 31.2 Å². The number of methoxy groups -OCH3 is 1. The summed E-state index contributed by atoms with van der Waals surface area (Å²) in [5.41, 5.74) is 5.51. The first kappa shape index (κ1) is 23.1. The van der Waals surface area contributed by atoms with Crippen molar-refractivity contribution < 1.29 is 14.3 Å². The van der Waals surface area contributed by atoms with Gasteiger partial charge >= 0.3 is 5.97 Å². The summed E-state index contributed by atoms with van der Waals surface area (Å²) in [6.45, 7) is 4.38. The molecule has 0 saturated carbocycles. The number of hydrogen-bond acceptors (Lipinski definition) is 5. The summed E-state index contributed by atoms with van der Waals surface area (Å²) in [6, 6.07) is 21.5. The van der Waals surface area contributed by atoms with Crippen LogP contribution in [0.4, 0.5) is 0 Å². The molecule has 0 spiro atoms. The fourth-order valence-electron chi connectivity index (χ4n) is 3.56. The van der Waals surface area contributed by atoms with Crippen molar-refractivity contribution in [1.29, 1.82) is 0 Å². The van der Waals surface area contributed by atoms with Crippen LogP contribution in [0.5, 0.6) is 5.75 Å². The van der Waals surface area contributed by atoms with Gasteiger partial charge in [0.25, 0.3) is 0 Å². The zero-order valence-corrected chi connectivity index (χ0v) is 20.3. The largest absolute Gasteiger partial charge is 0.487 e. The number of benzene rings is 3. The number of thioether (sulfide) groups is 1. The van der Waals surface area contributed by atoms with Crippen molar-refractivity contribution in [3.63, 3.8) is 0 Å². The summed E-state index contributed by atoms with van der Waals surface area (Å²) in [5, 5.41) is 1.94. The van der Waals surface area contributed by atoms with E-state index in [1.165, 1.54) is 35.6 Å². The smallest absolute Gasteiger partial charge is 0.344 e. The van der Waals surface area contributed by atoms with Crippen molar-refractivity contribution >= 4 is 40.2 Å². The number of halogens is 1. The zero-order chi connectivity index (χ0) is 23.4. The first-order chi connectivity index (χ1) is 16.0. The molecule has 33 heavy (non-hydrogen) atoms. The van der Waals surface area contributed by atoms with Crippen LogP contribution in [0.15, 0.2) is 71.8 Å². The molecule has 0 amide bonds. The number of para-hydroxylation sites is 1. The molecule has 0 atom stereocenters. The summed E-state index contributed by atoms with van der Waals surface area (Å²) in [4.78, 5) is 17.7. The molecule has 1 aromatic heterocycles. The molecule has 0 fully saturated rings.